The van der Waals surface area contributed by atoms with Gasteiger partial charge in [-0.15, -0.1) is 0 Å². The summed E-state index contributed by atoms with van der Waals surface area (Å²) < 4.78 is 0. The first-order valence-corrected chi connectivity index (χ1v) is 6.36. The third-order valence-corrected chi connectivity index (χ3v) is 3.15. The predicted molar refractivity (Wildman–Crippen MR) is 76.2 cm³/mol. The zero-order valence-corrected chi connectivity index (χ0v) is 12.0. The van der Waals surface area contributed by atoms with Crippen LogP contribution in [0.1, 0.15) is 16.2 Å². The molecule has 0 atom stereocenters. The lowest BCUT2D eigenvalue weighted by atomic mass is 10.3. The Morgan fingerprint density at radius 3 is 2.47 bits per heavy atom. The molecule has 0 fully saturated rings. The maximum absolute atomic E-state index is 12.0. The van der Waals surface area contributed by atoms with Crippen molar-refractivity contribution in [2.24, 2.45) is 0 Å². The van der Waals surface area contributed by atoms with Gasteiger partial charge in [-0.1, -0.05) is 23.2 Å². The molecule has 0 radical (unpaired) electrons. The number of aromatic nitrogens is 2. The van der Waals surface area contributed by atoms with E-state index in [-0.39, 0.29) is 11.0 Å². The molecular formula is C12H8Cl3N3O. The van der Waals surface area contributed by atoms with Crippen LogP contribution < -0.4 is 5.32 Å². The van der Waals surface area contributed by atoms with Crippen LogP contribution in [0.3, 0.4) is 0 Å². The topological polar surface area (TPSA) is 54.9 Å². The molecule has 98 valence electrons. The van der Waals surface area contributed by atoms with Crippen LogP contribution in [0.25, 0.3) is 0 Å². The van der Waals surface area contributed by atoms with Crippen molar-refractivity contribution in [1.29, 1.82) is 0 Å². The van der Waals surface area contributed by atoms with Gasteiger partial charge in [-0.05, 0) is 42.8 Å². The number of nitrogens with one attached hydrogen (secondary N) is 1. The van der Waals surface area contributed by atoms with E-state index >= 15 is 0 Å². The number of rotatable bonds is 2. The van der Waals surface area contributed by atoms with Gasteiger partial charge in [0.2, 0.25) is 5.28 Å². The maximum Gasteiger partial charge on any atom is 0.274 e. The predicted octanol–water partition coefficient (Wildman–Crippen LogP) is 4.00. The van der Waals surface area contributed by atoms with E-state index in [1.807, 2.05) is 0 Å². The summed E-state index contributed by atoms with van der Waals surface area (Å²) in [5, 5.41) is 3.45. The Kier molecular flexibility index (Phi) is 4.24. The molecule has 7 heteroatoms. The van der Waals surface area contributed by atoms with Gasteiger partial charge in [0.05, 0.1) is 10.0 Å². The molecule has 0 saturated carbocycles. The fourth-order valence-electron chi connectivity index (χ4n) is 1.42. The van der Waals surface area contributed by atoms with Crippen LogP contribution in [0, 0.1) is 6.92 Å². The van der Waals surface area contributed by atoms with Gasteiger partial charge < -0.3 is 5.32 Å². The molecule has 0 unspecified atom stereocenters. The highest BCUT2D eigenvalue weighted by Crippen LogP contribution is 2.25. The molecule has 0 bridgehead atoms. The molecule has 2 rings (SSSR count). The van der Waals surface area contributed by atoms with E-state index in [1.54, 1.807) is 31.2 Å². The number of aryl methyl sites for hydroxylation is 1. The van der Waals surface area contributed by atoms with Crippen LogP contribution in [0.4, 0.5) is 5.69 Å². The average molecular weight is 317 g/mol. The standard InChI is InChI=1S/C12H8Cl3N3O/c1-6-4-10(18-12(15)16-6)11(19)17-7-2-3-8(13)9(14)5-7/h2-5H,1H3,(H,17,19). The Hall–Kier alpha value is -1.36. The Labute approximate surface area is 124 Å². The van der Waals surface area contributed by atoms with E-state index < -0.39 is 5.91 Å². The average Bonchev–Trinajstić information content (AvgIpc) is 2.32. The summed E-state index contributed by atoms with van der Waals surface area (Å²) in [4.78, 5) is 19.7. The van der Waals surface area contributed by atoms with E-state index in [4.69, 9.17) is 34.8 Å². The second kappa shape index (κ2) is 5.74. The molecule has 1 N–H and O–H groups in total. The summed E-state index contributed by atoms with van der Waals surface area (Å²) in [5.74, 6) is -0.397. The van der Waals surface area contributed by atoms with Crippen molar-refractivity contribution < 1.29 is 4.79 Å². The second-order valence-electron chi connectivity index (χ2n) is 3.75. The lowest BCUT2D eigenvalue weighted by molar-refractivity contribution is 0.102. The van der Waals surface area contributed by atoms with Crippen molar-refractivity contribution in [3.8, 4) is 0 Å². The fraction of sp³-hybridized carbons (Fsp3) is 0.0833. The summed E-state index contributed by atoms with van der Waals surface area (Å²) in [6.07, 6.45) is 0. The first-order valence-electron chi connectivity index (χ1n) is 5.23. The lowest BCUT2D eigenvalue weighted by Gasteiger charge is -2.06. The molecule has 1 aromatic carbocycles. The Bertz CT molecular complexity index is 626. The van der Waals surface area contributed by atoms with E-state index in [0.717, 1.165) is 0 Å². The van der Waals surface area contributed by atoms with E-state index in [2.05, 4.69) is 15.3 Å². The number of benzene rings is 1. The van der Waals surface area contributed by atoms with Crippen molar-refractivity contribution in [3.05, 3.63) is 51.0 Å². The smallest absolute Gasteiger partial charge is 0.274 e. The number of nitrogens with zero attached hydrogens (tertiary/aromatic N) is 2. The minimum Gasteiger partial charge on any atom is -0.321 e. The monoisotopic (exact) mass is 315 g/mol. The first kappa shape index (κ1) is 14.1. The highest BCUT2D eigenvalue weighted by molar-refractivity contribution is 6.42. The molecule has 2 aromatic rings. The highest BCUT2D eigenvalue weighted by atomic mass is 35.5. The molecule has 19 heavy (non-hydrogen) atoms. The van der Waals surface area contributed by atoms with Crippen molar-refractivity contribution in [3.63, 3.8) is 0 Å². The van der Waals surface area contributed by atoms with Crippen molar-refractivity contribution >= 4 is 46.4 Å². The van der Waals surface area contributed by atoms with Gasteiger partial charge in [0.1, 0.15) is 5.69 Å². The Balaban J connectivity index is 2.22. The highest BCUT2D eigenvalue weighted by Gasteiger charge is 2.11. The van der Waals surface area contributed by atoms with E-state index in [0.29, 0.717) is 21.4 Å². The molecular weight excluding hydrogens is 309 g/mol. The number of carbonyl (C=O) groups excluding carboxylic acids is 1. The minimum absolute atomic E-state index is 0.0271. The van der Waals surface area contributed by atoms with Crippen LogP contribution in [0.2, 0.25) is 15.3 Å². The quantitative estimate of drug-likeness (QED) is 0.852. The summed E-state index contributed by atoms with van der Waals surface area (Å²) in [7, 11) is 0. The largest absolute Gasteiger partial charge is 0.321 e. The molecule has 1 heterocycles. The number of hydrogen-bond donors (Lipinski definition) is 1. The molecule has 4 nitrogen and oxygen atoms in total. The van der Waals surface area contributed by atoms with Gasteiger partial charge in [-0.2, -0.15) is 0 Å². The molecule has 0 aliphatic heterocycles. The zero-order valence-electron chi connectivity index (χ0n) is 9.75. The maximum atomic E-state index is 12.0. The number of carbonyl (C=O) groups is 1. The minimum atomic E-state index is -0.397. The zero-order chi connectivity index (χ0) is 14.0. The first-order chi connectivity index (χ1) is 8.95. The van der Waals surface area contributed by atoms with Crippen LogP contribution in [-0.4, -0.2) is 15.9 Å². The fourth-order valence-corrected chi connectivity index (χ4v) is 1.94. The van der Waals surface area contributed by atoms with Gasteiger partial charge in [0.15, 0.2) is 0 Å². The number of halogens is 3. The SMILES string of the molecule is Cc1cc(C(=O)Nc2ccc(Cl)c(Cl)c2)nc(Cl)n1. The third-order valence-electron chi connectivity index (χ3n) is 2.24. The molecule has 0 aliphatic rings. The number of hydrogen-bond acceptors (Lipinski definition) is 3. The van der Waals surface area contributed by atoms with Crippen LogP contribution in [0.5, 0.6) is 0 Å². The van der Waals surface area contributed by atoms with Gasteiger partial charge in [0.25, 0.3) is 5.91 Å². The molecule has 0 spiro atoms. The molecule has 1 aromatic heterocycles. The third kappa shape index (κ3) is 3.56. The van der Waals surface area contributed by atoms with Crippen molar-refractivity contribution in [2.75, 3.05) is 5.32 Å². The second-order valence-corrected chi connectivity index (χ2v) is 4.90. The molecule has 0 saturated heterocycles. The van der Waals surface area contributed by atoms with E-state index in [9.17, 15) is 4.79 Å². The molecule has 1 amide bonds. The van der Waals surface area contributed by atoms with E-state index in [1.165, 1.54) is 0 Å². The van der Waals surface area contributed by atoms with Crippen LogP contribution in [-0.2, 0) is 0 Å². The van der Waals surface area contributed by atoms with Gasteiger partial charge in [0, 0.05) is 11.4 Å². The lowest BCUT2D eigenvalue weighted by Crippen LogP contribution is -2.14. The summed E-state index contributed by atoms with van der Waals surface area (Å²) in [5.41, 5.74) is 1.31. The van der Waals surface area contributed by atoms with Crippen molar-refractivity contribution in [2.45, 2.75) is 6.92 Å². The molecule has 0 aliphatic carbocycles. The summed E-state index contributed by atoms with van der Waals surface area (Å²) >= 11 is 17.4. The van der Waals surface area contributed by atoms with Crippen molar-refractivity contribution in [1.82, 2.24) is 9.97 Å². The van der Waals surface area contributed by atoms with Crippen LogP contribution in [0.15, 0.2) is 24.3 Å². The van der Waals surface area contributed by atoms with Crippen LogP contribution >= 0.6 is 34.8 Å². The van der Waals surface area contributed by atoms with Gasteiger partial charge >= 0.3 is 0 Å². The Morgan fingerprint density at radius 2 is 1.84 bits per heavy atom. The van der Waals surface area contributed by atoms with Gasteiger partial charge in [-0.25, -0.2) is 9.97 Å². The number of anilines is 1. The summed E-state index contributed by atoms with van der Waals surface area (Å²) in [6, 6.07) is 6.33. The van der Waals surface area contributed by atoms with Gasteiger partial charge in [-0.3, -0.25) is 4.79 Å². The number of amides is 1. The Morgan fingerprint density at radius 1 is 1.11 bits per heavy atom. The summed E-state index contributed by atoms with van der Waals surface area (Å²) in [6.45, 7) is 1.73. The normalized spacial score (nSPS) is 10.3.